The van der Waals surface area contributed by atoms with E-state index >= 15 is 0 Å². The number of hydrogen-bond donors (Lipinski definition) is 1. The van der Waals surface area contributed by atoms with E-state index < -0.39 is 10.0 Å². The van der Waals surface area contributed by atoms with Crippen molar-refractivity contribution >= 4 is 15.9 Å². The smallest absolute Gasteiger partial charge is 0.251 e. The maximum absolute atomic E-state index is 13.2. The third-order valence-corrected chi connectivity index (χ3v) is 7.53. The van der Waals surface area contributed by atoms with Crippen LogP contribution in [0.2, 0.25) is 0 Å². The Morgan fingerprint density at radius 3 is 2.30 bits per heavy atom. The number of benzene rings is 2. The minimum atomic E-state index is -3.65. The van der Waals surface area contributed by atoms with E-state index in [9.17, 15) is 13.2 Å². The fourth-order valence-corrected chi connectivity index (χ4v) is 5.12. The summed E-state index contributed by atoms with van der Waals surface area (Å²) in [5, 5.41) is 2.94. The zero-order valence-electron chi connectivity index (χ0n) is 17.9. The SMILES string of the molecule is COc1ccc([C@H](C)NC(=O)c2ccc(C)c(S(=O)(=O)N3CCN(C)CC3)c2)cc1. The summed E-state index contributed by atoms with van der Waals surface area (Å²) < 4.78 is 33.0. The van der Waals surface area contributed by atoms with E-state index in [0.29, 0.717) is 37.3 Å². The molecule has 3 rings (SSSR count). The molecule has 0 bridgehead atoms. The van der Waals surface area contributed by atoms with Crippen LogP contribution in [0.3, 0.4) is 0 Å². The molecular formula is C22H29N3O4S. The maximum atomic E-state index is 13.2. The normalized spacial score (nSPS) is 16.8. The summed E-state index contributed by atoms with van der Waals surface area (Å²) in [6.07, 6.45) is 0. The lowest BCUT2D eigenvalue weighted by Gasteiger charge is -2.32. The number of carbonyl (C=O) groups excluding carboxylic acids is 1. The van der Waals surface area contributed by atoms with E-state index in [1.807, 2.05) is 38.2 Å². The second kappa shape index (κ2) is 9.16. The van der Waals surface area contributed by atoms with E-state index in [1.54, 1.807) is 26.2 Å². The minimum absolute atomic E-state index is 0.191. The number of piperazine rings is 1. The first-order valence-electron chi connectivity index (χ1n) is 9.96. The molecule has 0 radical (unpaired) electrons. The molecule has 30 heavy (non-hydrogen) atoms. The van der Waals surface area contributed by atoms with Gasteiger partial charge in [0, 0.05) is 31.7 Å². The van der Waals surface area contributed by atoms with Gasteiger partial charge in [-0.3, -0.25) is 4.79 Å². The molecular weight excluding hydrogens is 402 g/mol. The number of aryl methyl sites for hydroxylation is 1. The molecule has 1 fully saturated rings. The van der Waals surface area contributed by atoms with Crippen molar-refractivity contribution in [3.8, 4) is 5.75 Å². The number of likely N-dealkylation sites (N-methyl/N-ethyl adjacent to an activating group) is 1. The van der Waals surface area contributed by atoms with Crippen molar-refractivity contribution in [1.82, 2.24) is 14.5 Å². The van der Waals surface area contributed by atoms with Crippen LogP contribution in [0.25, 0.3) is 0 Å². The number of carbonyl (C=O) groups is 1. The largest absolute Gasteiger partial charge is 0.497 e. The molecule has 1 aliphatic heterocycles. The Balaban J connectivity index is 1.79. The fourth-order valence-electron chi connectivity index (χ4n) is 3.44. The van der Waals surface area contributed by atoms with Crippen LogP contribution in [0.1, 0.15) is 34.5 Å². The lowest BCUT2D eigenvalue weighted by molar-refractivity contribution is 0.0939. The zero-order valence-corrected chi connectivity index (χ0v) is 18.7. The van der Waals surface area contributed by atoms with Crippen molar-refractivity contribution in [2.75, 3.05) is 40.3 Å². The Hall–Kier alpha value is -2.42. The predicted molar refractivity (Wildman–Crippen MR) is 116 cm³/mol. The average molecular weight is 432 g/mol. The van der Waals surface area contributed by atoms with Gasteiger partial charge in [0.15, 0.2) is 0 Å². The standard InChI is InChI=1S/C22H29N3O4S/c1-16-5-6-19(15-21(16)30(27,28)25-13-11-24(3)12-14-25)22(26)23-17(2)18-7-9-20(29-4)10-8-18/h5-10,15,17H,11-14H2,1-4H3,(H,23,26)/t17-/m0/s1. The highest BCUT2D eigenvalue weighted by Crippen LogP contribution is 2.23. The molecule has 0 aromatic heterocycles. The molecule has 1 atom stereocenters. The second-order valence-corrected chi connectivity index (χ2v) is 9.56. The van der Waals surface area contributed by atoms with Crippen molar-refractivity contribution < 1.29 is 17.9 Å². The van der Waals surface area contributed by atoms with E-state index in [2.05, 4.69) is 10.2 Å². The Morgan fingerprint density at radius 2 is 1.70 bits per heavy atom. The third kappa shape index (κ3) is 4.83. The van der Waals surface area contributed by atoms with Crippen molar-refractivity contribution in [1.29, 1.82) is 0 Å². The van der Waals surface area contributed by atoms with E-state index in [4.69, 9.17) is 4.74 Å². The fraction of sp³-hybridized carbons (Fsp3) is 0.409. The molecule has 8 heteroatoms. The number of ether oxygens (including phenoxy) is 1. The Labute approximate surface area is 178 Å². The van der Waals surface area contributed by atoms with Crippen molar-refractivity contribution in [2.45, 2.75) is 24.8 Å². The Morgan fingerprint density at radius 1 is 1.07 bits per heavy atom. The summed E-state index contributed by atoms with van der Waals surface area (Å²) in [6, 6.07) is 12.1. The molecule has 0 aliphatic carbocycles. The lowest BCUT2D eigenvalue weighted by Crippen LogP contribution is -2.47. The van der Waals surface area contributed by atoms with Crippen LogP contribution in [0, 0.1) is 6.92 Å². The van der Waals surface area contributed by atoms with Gasteiger partial charge < -0.3 is 15.0 Å². The number of nitrogens with zero attached hydrogens (tertiary/aromatic N) is 2. The number of sulfonamides is 1. The topological polar surface area (TPSA) is 78.9 Å². The van der Waals surface area contributed by atoms with Gasteiger partial charge in [0.2, 0.25) is 10.0 Å². The monoisotopic (exact) mass is 431 g/mol. The average Bonchev–Trinajstić information content (AvgIpc) is 2.74. The highest BCUT2D eigenvalue weighted by Gasteiger charge is 2.29. The Kier molecular flexibility index (Phi) is 6.80. The molecule has 2 aromatic carbocycles. The number of nitrogens with one attached hydrogen (secondary N) is 1. The molecule has 1 heterocycles. The summed E-state index contributed by atoms with van der Waals surface area (Å²) in [4.78, 5) is 15.1. The first-order valence-corrected chi connectivity index (χ1v) is 11.4. The summed E-state index contributed by atoms with van der Waals surface area (Å²) in [7, 11) is -0.0688. The summed E-state index contributed by atoms with van der Waals surface area (Å²) in [5.41, 5.74) is 1.89. The van der Waals surface area contributed by atoms with Gasteiger partial charge in [-0.2, -0.15) is 4.31 Å². The van der Waals surface area contributed by atoms with E-state index in [1.165, 1.54) is 10.4 Å². The summed E-state index contributed by atoms with van der Waals surface area (Å²) >= 11 is 0. The second-order valence-electron chi connectivity index (χ2n) is 7.66. The van der Waals surface area contributed by atoms with Crippen molar-refractivity contribution in [3.05, 3.63) is 59.2 Å². The van der Waals surface area contributed by atoms with Gasteiger partial charge in [0.05, 0.1) is 18.0 Å². The van der Waals surface area contributed by atoms with Gasteiger partial charge in [-0.05, 0) is 56.3 Å². The number of methoxy groups -OCH3 is 1. The van der Waals surface area contributed by atoms with Crippen molar-refractivity contribution in [3.63, 3.8) is 0 Å². The molecule has 0 saturated carbocycles. The number of hydrogen-bond acceptors (Lipinski definition) is 5. The first kappa shape index (κ1) is 22.3. The van der Waals surface area contributed by atoms with Crippen LogP contribution in [-0.2, 0) is 10.0 Å². The first-order chi connectivity index (χ1) is 14.2. The maximum Gasteiger partial charge on any atom is 0.251 e. The van der Waals surface area contributed by atoms with Gasteiger partial charge in [0.25, 0.3) is 5.91 Å². The third-order valence-electron chi connectivity index (χ3n) is 5.49. The van der Waals surface area contributed by atoms with Gasteiger partial charge >= 0.3 is 0 Å². The van der Waals surface area contributed by atoms with E-state index in [0.717, 1.165) is 11.3 Å². The van der Waals surface area contributed by atoms with Crippen LogP contribution >= 0.6 is 0 Å². The van der Waals surface area contributed by atoms with Gasteiger partial charge in [-0.1, -0.05) is 18.2 Å². The number of rotatable bonds is 6. The number of amides is 1. The van der Waals surface area contributed by atoms with E-state index in [-0.39, 0.29) is 16.8 Å². The molecule has 1 amide bonds. The van der Waals surface area contributed by atoms with Crippen molar-refractivity contribution in [2.24, 2.45) is 0 Å². The van der Waals surface area contributed by atoms with Gasteiger partial charge in [0.1, 0.15) is 5.75 Å². The minimum Gasteiger partial charge on any atom is -0.497 e. The molecule has 0 unspecified atom stereocenters. The van der Waals surface area contributed by atoms with Gasteiger partial charge in [-0.25, -0.2) is 8.42 Å². The van der Waals surface area contributed by atoms with Crippen LogP contribution in [-0.4, -0.2) is 63.9 Å². The highest BCUT2D eigenvalue weighted by atomic mass is 32.2. The Bertz CT molecular complexity index is 998. The van der Waals surface area contributed by atoms with Crippen LogP contribution in [0.5, 0.6) is 5.75 Å². The summed E-state index contributed by atoms with van der Waals surface area (Å²) in [6.45, 7) is 5.92. The molecule has 1 N–H and O–H groups in total. The predicted octanol–water partition coefficient (Wildman–Crippen LogP) is 2.43. The molecule has 7 nitrogen and oxygen atoms in total. The molecule has 1 saturated heterocycles. The molecule has 162 valence electrons. The molecule has 1 aliphatic rings. The zero-order chi connectivity index (χ0) is 21.9. The lowest BCUT2D eigenvalue weighted by atomic mass is 10.1. The van der Waals surface area contributed by atoms with Crippen LogP contribution in [0.4, 0.5) is 0 Å². The quantitative estimate of drug-likeness (QED) is 0.760. The van der Waals surface area contributed by atoms with Crippen LogP contribution in [0.15, 0.2) is 47.4 Å². The van der Waals surface area contributed by atoms with Crippen LogP contribution < -0.4 is 10.1 Å². The molecule has 2 aromatic rings. The van der Waals surface area contributed by atoms with Gasteiger partial charge in [-0.15, -0.1) is 0 Å². The highest BCUT2D eigenvalue weighted by molar-refractivity contribution is 7.89. The molecule has 0 spiro atoms. The summed E-state index contributed by atoms with van der Waals surface area (Å²) in [5.74, 6) is 0.433.